The van der Waals surface area contributed by atoms with Crippen LogP contribution in [0.3, 0.4) is 0 Å². The molecule has 0 saturated heterocycles. The van der Waals surface area contributed by atoms with E-state index in [1.54, 1.807) is 37.3 Å². The minimum Gasteiger partial charge on any atom is -0.467 e. The zero-order valence-electron chi connectivity index (χ0n) is 16.2. The summed E-state index contributed by atoms with van der Waals surface area (Å²) in [5.74, 6) is 0.0959. The van der Waals surface area contributed by atoms with E-state index < -0.39 is 17.2 Å². The van der Waals surface area contributed by atoms with Crippen LogP contribution in [0.5, 0.6) is 0 Å². The normalized spacial score (nSPS) is 11.0. The summed E-state index contributed by atoms with van der Waals surface area (Å²) in [5, 5.41) is 3.41. The number of nitrogens with zero attached hydrogens (tertiary/aromatic N) is 2. The highest BCUT2D eigenvalue weighted by Gasteiger charge is 2.18. The predicted octanol–water partition coefficient (Wildman–Crippen LogP) is 3.25. The van der Waals surface area contributed by atoms with Crippen molar-refractivity contribution in [2.75, 3.05) is 5.32 Å². The Bertz CT molecular complexity index is 1390. The number of anilines is 1. The number of carbonyl (C=O) groups is 1. The summed E-state index contributed by atoms with van der Waals surface area (Å²) >= 11 is 6.02. The van der Waals surface area contributed by atoms with Gasteiger partial charge in [-0.15, -0.1) is 0 Å². The van der Waals surface area contributed by atoms with Gasteiger partial charge in [0.05, 0.1) is 29.5 Å². The SMILES string of the molecule is Cc1ccc(Cl)cc1NC(=O)c1cc2c(=O)[nH]c(=O)n(Cc3ccco3)c2nc1C. The minimum atomic E-state index is -0.619. The molecule has 4 rings (SSSR count). The molecule has 1 aromatic carbocycles. The molecule has 0 bridgehead atoms. The number of aromatic amines is 1. The van der Waals surface area contributed by atoms with Crippen LogP contribution in [0.4, 0.5) is 5.69 Å². The van der Waals surface area contributed by atoms with Crippen molar-refractivity contribution in [3.63, 3.8) is 0 Å². The molecule has 0 aliphatic rings. The lowest BCUT2D eigenvalue weighted by molar-refractivity contribution is 0.102. The van der Waals surface area contributed by atoms with Crippen LogP contribution in [0.15, 0.2) is 56.7 Å². The van der Waals surface area contributed by atoms with E-state index in [4.69, 9.17) is 16.0 Å². The molecule has 30 heavy (non-hydrogen) atoms. The van der Waals surface area contributed by atoms with E-state index in [-0.39, 0.29) is 23.1 Å². The van der Waals surface area contributed by atoms with Gasteiger partial charge in [-0.25, -0.2) is 9.78 Å². The lowest BCUT2D eigenvalue weighted by Gasteiger charge is -2.12. The molecule has 3 heterocycles. The van der Waals surface area contributed by atoms with Gasteiger partial charge in [0, 0.05) is 10.7 Å². The Balaban J connectivity index is 1.80. The van der Waals surface area contributed by atoms with Crippen LogP contribution in [0.25, 0.3) is 11.0 Å². The van der Waals surface area contributed by atoms with Crippen LogP contribution in [0.1, 0.15) is 27.4 Å². The number of hydrogen-bond donors (Lipinski definition) is 2. The maximum Gasteiger partial charge on any atom is 0.330 e. The zero-order chi connectivity index (χ0) is 21.4. The Kier molecular flexibility index (Phi) is 5.01. The maximum absolute atomic E-state index is 12.9. The first-order valence-corrected chi connectivity index (χ1v) is 9.45. The van der Waals surface area contributed by atoms with Crippen LogP contribution < -0.4 is 16.6 Å². The summed E-state index contributed by atoms with van der Waals surface area (Å²) in [5.41, 5.74) is 0.934. The van der Waals surface area contributed by atoms with E-state index in [1.807, 2.05) is 6.92 Å². The van der Waals surface area contributed by atoms with Gasteiger partial charge in [-0.1, -0.05) is 17.7 Å². The Morgan fingerprint density at radius 3 is 2.77 bits per heavy atom. The molecule has 0 saturated carbocycles. The number of nitrogens with one attached hydrogen (secondary N) is 2. The first-order valence-electron chi connectivity index (χ1n) is 9.08. The first-order chi connectivity index (χ1) is 14.3. The van der Waals surface area contributed by atoms with Crippen LogP contribution >= 0.6 is 11.6 Å². The van der Waals surface area contributed by atoms with E-state index in [0.29, 0.717) is 22.2 Å². The van der Waals surface area contributed by atoms with Crippen molar-refractivity contribution < 1.29 is 9.21 Å². The van der Waals surface area contributed by atoms with Gasteiger partial charge in [0.25, 0.3) is 11.5 Å². The zero-order valence-corrected chi connectivity index (χ0v) is 16.9. The fraction of sp³-hybridized carbons (Fsp3) is 0.143. The highest BCUT2D eigenvalue weighted by molar-refractivity contribution is 6.31. The Morgan fingerprint density at radius 2 is 2.03 bits per heavy atom. The van der Waals surface area contributed by atoms with Crippen molar-refractivity contribution in [3.05, 3.63) is 91.1 Å². The molecule has 4 aromatic rings. The van der Waals surface area contributed by atoms with Crippen molar-refractivity contribution in [3.8, 4) is 0 Å². The summed E-state index contributed by atoms with van der Waals surface area (Å²) in [4.78, 5) is 44.3. The molecule has 0 aliphatic carbocycles. The summed E-state index contributed by atoms with van der Waals surface area (Å²) < 4.78 is 6.59. The number of halogens is 1. The van der Waals surface area contributed by atoms with Crippen LogP contribution in [-0.4, -0.2) is 20.4 Å². The fourth-order valence-corrected chi connectivity index (χ4v) is 3.32. The number of aryl methyl sites for hydroxylation is 2. The van der Waals surface area contributed by atoms with Gasteiger partial charge < -0.3 is 9.73 Å². The van der Waals surface area contributed by atoms with Gasteiger partial charge in [-0.05, 0) is 49.7 Å². The van der Waals surface area contributed by atoms with Crippen molar-refractivity contribution in [1.29, 1.82) is 0 Å². The lowest BCUT2D eigenvalue weighted by atomic mass is 10.1. The summed E-state index contributed by atoms with van der Waals surface area (Å²) in [6.45, 7) is 3.58. The van der Waals surface area contributed by atoms with Crippen LogP contribution in [0, 0.1) is 13.8 Å². The summed E-state index contributed by atoms with van der Waals surface area (Å²) in [6.07, 6.45) is 1.49. The average Bonchev–Trinajstić information content (AvgIpc) is 3.20. The van der Waals surface area contributed by atoms with Gasteiger partial charge >= 0.3 is 5.69 Å². The summed E-state index contributed by atoms with van der Waals surface area (Å²) in [6, 6.07) is 10.0. The van der Waals surface area contributed by atoms with Gasteiger partial charge in [0.2, 0.25) is 0 Å². The van der Waals surface area contributed by atoms with Crippen molar-refractivity contribution in [1.82, 2.24) is 14.5 Å². The highest BCUT2D eigenvalue weighted by atomic mass is 35.5. The maximum atomic E-state index is 12.9. The molecule has 0 atom stereocenters. The lowest BCUT2D eigenvalue weighted by Crippen LogP contribution is -2.31. The molecule has 3 aromatic heterocycles. The van der Waals surface area contributed by atoms with Crippen molar-refractivity contribution >= 4 is 34.2 Å². The number of rotatable bonds is 4. The number of H-pyrrole nitrogens is 1. The quantitative estimate of drug-likeness (QED) is 0.522. The largest absolute Gasteiger partial charge is 0.467 e. The van der Waals surface area contributed by atoms with Gasteiger partial charge in [0.1, 0.15) is 11.4 Å². The number of aromatic nitrogens is 3. The third-order valence-electron chi connectivity index (χ3n) is 4.75. The molecular weight excluding hydrogens is 408 g/mol. The molecule has 9 heteroatoms. The number of hydrogen-bond acceptors (Lipinski definition) is 5. The Morgan fingerprint density at radius 1 is 1.23 bits per heavy atom. The molecule has 0 fully saturated rings. The summed E-state index contributed by atoms with van der Waals surface area (Å²) in [7, 11) is 0. The van der Waals surface area contributed by atoms with E-state index in [1.165, 1.54) is 16.9 Å². The molecule has 0 spiro atoms. The number of pyridine rings is 1. The molecule has 1 amide bonds. The highest BCUT2D eigenvalue weighted by Crippen LogP contribution is 2.22. The van der Waals surface area contributed by atoms with Crippen molar-refractivity contribution in [2.45, 2.75) is 20.4 Å². The number of furan rings is 1. The van der Waals surface area contributed by atoms with Gasteiger partial charge in [-0.3, -0.25) is 19.1 Å². The molecule has 2 N–H and O–H groups in total. The topological polar surface area (TPSA) is 110 Å². The molecule has 0 radical (unpaired) electrons. The number of benzene rings is 1. The van der Waals surface area contributed by atoms with E-state index >= 15 is 0 Å². The Labute approximate surface area is 175 Å². The number of amides is 1. The van der Waals surface area contributed by atoms with Gasteiger partial charge in [-0.2, -0.15) is 0 Å². The second-order valence-electron chi connectivity index (χ2n) is 6.83. The molecular formula is C21H17ClN4O4. The third-order valence-corrected chi connectivity index (χ3v) is 4.98. The second kappa shape index (κ2) is 7.64. The first kappa shape index (κ1) is 19.7. The predicted molar refractivity (Wildman–Crippen MR) is 113 cm³/mol. The molecule has 152 valence electrons. The van der Waals surface area contributed by atoms with Crippen LogP contribution in [0.2, 0.25) is 5.02 Å². The fourth-order valence-electron chi connectivity index (χ4n) is 3.15. The smallest absolute Gasteiger partial charge is 0.330 e. The monoisotopic (exact) mass is 424 g/mol. The standard InChI is InChI=1S/C21H17ClN4O4/c1-11-5-6-13(22)8-17(11)24-19(27)15-9-16-18(23-12(15)2)26(21(29)25-20(16)28)10-14-4-3-7-30-14/h3-9H,10H2,1-2H3,(H,24,27)(H,25,28,29). The third kappa shape index (κ3) is 3.65. The number of carbonyl (C=O) groups excluding carboxylic acids is 1. The van der Waals surface area contributed by atoms with E-state index in [0.717, 1.165) is 5.56 Å². The van der Waals surface area contributed by atoms with Gasteiger partial charge in [0.15, 0.2) is 0 Å². The average molecular weight is 425 g/mol. The Hall–Kier alpha value is -3.65. The molecule has 8 nitrogen and oxygen atoms in total. The van der Waals surface area contributed by atoms with Crippen LogP contribution in [-0.2, 0) is 6.54 Å². The van der Waals surface area contributed by atoms with E-state index in [9.17, 15) is 14.4 Å². The number of fused-ring (bicyclic) bond motifs is 1. The molecule has 0 aliphatic heterocycles. The molecule has 0 unspecified atom stereocenters. The van der Waals surface area contributed by atoms with E-state index in [2.05, 4.69) is 15.3 Å². The second-order valence-corrected chi connectivity index (χ2v) is 7.27. The van der Waals surface area contributed by atoms with Crippen molar-refractivity contribution in [2.24, 2.45) is 0 Å². The minimum absolute atomic E-state index is 0.0960.